The maximum atomic E-state index is 13.4. The van der Waals surface area contributed by atoms with Crippen LogP contribution in [0.4, 0.5) is 4.39 Å². The molecule has 118 valence electrons. The lowest BCUT2D eigenvalue weighted by molar-refractivity contribution is 0.0854. The summed E-state index contributed by atoms with van der Waals surface area (Å²) in [6.07, 6.45) is -1.03. The summed E-state index contributed by atoms with van der Waals surface area (Å²) in [4.78, 5) is 12.2. The third kappa shape index (κ3) is 3.35. The number of ether oxygens (including phenoxy) is 1. The Bertz CT molecular complexity index is 882. The smallest absolute Gasteiger partial charge is 0.277 e. The van der Waals surface area contributed by atoms with Crippen LogP contribution in [0, 0.1) is 5.82 Å². The first-order valence-corrected chi connectivity index (χ1v) is 7.03. The van der Waals surface area contributed by atoms with Crippen molar-refractivity contribution >= 4 is 10.9 Å². The second-order valence-corrected chi connectivity index (χ2v) is 4.99. The molecule has 0 saturated carbocycles. The number of para-hydroxylation sites is 1. The second kappa shape index (κ2) is 6.53. The highest BCUT2D eigenvalue weighted by Crippen LogP contribution is 2.15. The number of hydrogen-bond donors (Lipinski definition) is 1. The lowest BCUT2D eigenvalue weighted by Gasteiger charge is -2.13. The molecule has 3 aromatic rings. The molecule has 0 fully saturated rings. The summed E-state index contributed by atoms with van der Waals surface area (Å²) < 4.78 is 19.7. The van der Waals surface area contributed by atoms with Gasteiger partial charge in [-0.2, -0.15) is 0 Å². The molecule has 0 radical (unpaired) electrons. The van der Waals surface area contributed by atoms with Crippen LogP contribution in [-0.4, -0.2) is 32.8 Å². The zero-order valence-electron chi connectivity index (χ0n) is 12.1. The maximum absolute atomic E-state index is 13.4. The molecule has 0 saturated heterocycles. The molecular weight excluding hydrogens is 301 g/mol. The molecule has 0 aliphatic rings. The van der Waals surface area contributed by atoms with E-state index >= 15 is 0 Å². The van der Waals surface area contributed by atoms with Gasteiger partial charge in [-0.15, -0.1) is 5.10 Å². The first kappa shape index (κ1) is 15.1. The quantitative estimate of drug-likeness (QED) is 0.769. The van der Waals surface area contributed by atoms with Gasteiger partial charge in [0.15, 0.2) is 11.6 Å². The third-order valence-corrected chi connectivity index (χ3v) is 3.28. The molecule has 1 atom stereocenters. The van der Waals surface area contributed by atoms with Gasteiger partial charge in [-0.05, 0) is 24.3 Å². The van der Waals surface area contributed by atoms with Crippen LogP contribution in [0.3, 0.4) is 0 Å². The largest absolute Gasteiger partial charge is 0.488 e. The number of hydrogen-bond acceptors (Lipinski definition) is 5. The first-order chi connectivity index (χ1) is 11.1. The molecule has 2 aromatic carbocycles. The van der Waals surface area contributed by atoms with E-state index in [1.165, 1.54) is 12.1 Å². The van der Waals surface area contributed by atoms with Crippen molar-refractivity contribution in [1.82, 2.24) is 15.0 Å². The van der Waals surface area contributed by atoms with Gasteiger partial charge < -0.3 is 9.84 Å². The van der Waals surface area contributed by atoms with Crippen LogP contribution in [-0.2, 0) is 6.54 Å². The van der Waals surface area contributed by atoms with Gasteiger partial charge in [0.25, 0.3) is 5.56 Å². The van der Waals surface area contributed by atoms with Crippen molar-refractivity contribution in [1.29, 1.82) is 0 Å². The van der Waals surface area contributed by atoms with Crippen LogP contribution in [0.25, 0.3) is 10.9 Å². The van der Waals surface area contributed by atoms with E-state index in [1.54, 1.807) is 36.4 Å². The number of benzene rings is 2. The normalized spacial score (nSPS) is 12.3. The van der Waals surface area contributed by atoms with Gasteiger partial charge >= 0.3 is 0 Å². The molecule has 0 bridgehead atoms. The molecule has 7 heteroatoms. The topological polar surface area (TPSA) is 77.2 Å². The Kier molecular flexibility index (Phi) is 4.29. The van der Waals surface area contributed by atoms with Crippen LogP contribution in [0.5, 0.6) is 5.75 Å². The van der Waals surface area contributed by atoms with Crippen LogP contribution in [0.15, 0.2) is 53.3 Å². The number of aromatic nitrogens is 3. The summed E-state index contributed by atoms with van der Waals surface area (Å²) in [5.74, 6) is -0.467. The van der Waals surface area contributed by atoms with Crippen LogP contribution < -0.4 is 10.3 Å². The minimum atomic E-state index is -1.03. The van der Waals surface area contributed by atoms with Crippen molar-refractivity contribution in [3.63, 3.8) is 0 Å². The number of rotatable bonds is 5. The van der Waals surface area contributed by atoms with E-state index in [-0.39, 0.29) is 24.5 Å². The van der Waals surface area contributed by atoms with Gasteiger partial charge in [-0.1, -0.05) is 29.5 Å². The molecule has 0 spiro atoms. The van der Waals surface area contributed by atoms with E-state index in [0.29, 0.717) is 10.9 Å². The molecule has 1 unspecified atom stereocenters. The fraction of sp³-hybridized carbons (Fsp3) is 0.188. The average Bonchev–Trinajstić information content (AvgIpc) is 2.57. The highest BCUT2D eigenvalue weighted by atomic mass is 19.1. The Hall–Kier alpha value is -2.80. The highest BCUT2D eigenvalue weighted by Gasteiger charge is 2.12. The first-order valence-electron chi connectivity index (χ1n) is 7.03. The molecule has 0 aliphatic heterocycles. The number of aliphatic hydroxyl groups excluding tert-OH is 1. The van der Waals surface area contributed by atoms with Gasteiger partial charge in [0, 0.05) is 0 Å². The Balaban J connectivity index is 1.71. The van der Waals surface area contributed by atoms with E-state index in [4.69, 9.17) is 4.74 Å². The molecule has 1 heterocycles. The standard InChI is InChI=1S/C16H14FN3O3/c17-13-6-2-4-8-15(13)23-10-11(21)9-20-16(22)12-5-1-3-7-14(12)18-19-20/h1-8,11,21H,9-10H2. The van der Waals surface area contributed by atoms with Crippen LogP contribution in [0.2, 0.25) is 0 Å². The van der Waals surface area contributed by atoms with Crippen molar-refractivity contribution in [2.24, 2.45) is 0 Å². The highest BCUT2D eigenvalue weighted by molar-refractivity contribution is 5.76. The van der Waals surface area contributed by atoms with E-state index in [2.05, 4.69) is 10.3 Å². The lowest BCUT2D eigenvalue weighted by atomic mass is 10.2. The Morgan fingerprint density at radius 1 is 1.17 bits per heavy atom. The van der Waals surface area contributed by atoms with Crippen LogP contribution in [0.1, 0.15) is 0 Å². The van der Waals surface area contributed by atoms with Gasteiger partial charge in [-0.25, -0.2) is 9.07 Å². The summed E-state index contributed by atoms with van der Waals surface area (Å²) in [6, 6.07) is 12.7. The molecule has 23 heavy (non-hydrogen) atoms. The fourth-order valence-corrected chi connectivity index (χ4v) is 2.14. The zero-order chi connectivity index (χ0) is 16.2. The van der Waals surface area contributed by atoms with E-state index in [9.17, 15) is 14.3 Å². The minimum absolute atomic E-state index is 0.0449. The SMILES string of the molecule is O=c1c2ccccc2nnn1CC(O)COc1ccccc1F. The predicted octanol–water partition coefficient (Wildman–Crippen LogP) is 1.37. The molecular formula is C16H14FN3O3. The van der Waals surface area contributed by atoms with Crippen molar-refractivity contribution in [3.8, 4) is 5.75 Å². The molecule has 0 amide bonds. The Morgan fingerprint density at radius 2 is 1.91 bits per heavy atom. The van der Waals surface area contributed by atoms with E-state index in [1.807, 2.05) is 0 Å². The van der Waals surface area contributed by atoms with Gasteiger partial charge in [-0.3, -0.25) is 4.79 Å². The molecule has 1 aromatic heterocycles. The van der Waals surface area contributed by atoms with Gasteiger partial charge in [0.1, 0.15) is 18.2 Å². The number of halogens is 1. The maximum Gasteiger partial charge on any atom is 0.277 e. The Labute approximate surface area is 130 Å². The second-order valence-electron chi connectivity index (χ2n) is 4.99. The summed E-state index contributed by atoms with van der Waals surface area (Å²) in [7, 11) is 0. The molecule has 1 N–H and O–H groups in total. The number of aliphatic hydroxyl groups is 1. The molecule has 6 nitrogen and oxygen atoms in total. The van der Waals surface area contributed by atoms with E-state index < -0.39 is 11.9 Å². The predicted molar refractivity (Wildman–Crippen MR) is 81.7 cm³/mol. The number of nitrogens with zero attached hydrogens (tertiary/aromatic N) is 3. The van der Waals surface area contributed by atoms with Crippen molar-refractivity contribution < 1.29 is 14.2 Å². The third-order valence-electron chi connectivity index (χ3n) is 3.28. The summed E-state index contributed by atoms with van der Waals surface area (Å²) in [5, 5.41) is 18.1. The number of fused-ring (bicyclic) bond motifs is 1. The Morgan fingerprint density at radius 3 is 2.74 bits per heavy atom. The monoisotopic (exact) mass is 315 g/mol. The van der Waals surface area contributed by atoms with Crippen LogP contribution >= 0.6 is 0 Å². The lowest BCUT2D eigenvalue weighted by Crippen LogP contribution is -2.32. The molecule has 0 aliphatic carbocycles. The van der Waals surface area contributed by atoms with Gasteiger partial charge in [0.05, 0.1) is 11.9 Å². The van der Waals surface area contributed by atoms with Gasteiger partial charge in [0.2, 0.25) is 0 Å². The van der Waals surface area contributed by atoms with Crippen molar-refractivity contribution in [2.45, 2.75) is 12.6 Å². The van der Waals surface area contributed by atoms with Crippen molar-refractivity contribution in [2.75, 3.05) is 6.61 Å². The minimum Gasteiger partial charge on any atom is -0.488 e. The summed E-state index contributed by atoms with van der Waals surface area (Å²) in [5.41, 5.74) is 0.145. The average molecular weight is 315 g/mol. The van der Waals surface area contributed by atoms with Crippen molar-refractivity contribution in [3.05, 3.63) is 64.7 Å². The summed E-state index contributed by atoms with van der Waals surface area (Å²) >= 11 is 0. The van der Waals surface area contributed by atoms with E-state index in [0.717, 1.165) is 4.68 Å². The summed E-state index contributed by atoms with van der Waals surface area (Å²) in [6.45, 7) is -0.257. The molecule has 3 rings (SSSR count). The fourth-order valence-electron chi connectivity index (χ4n) is 2.14. The zero-order valence-corrected chi connectivity index (χ0v) is 12.1.